The third-order valence-corrected chi connectivity index (χ3v) is 0.947. The van der Waals surface area contributed by atoms with Gasteiger partial charge in [0.1, 0.15) is 0 Å². The van der Waals surface area contributed by atoms with Crippen LogP contribution in [-0.2, 0) is 23.9 Å². The molecule has 0 bridgehead atoms. The molecule has 0 aromatic rings. The average Bonchev–Trinajstić information content (AvgIpc) is 1.94. The lowest BCUT2D eigenvalue weighted by molar-refractivity contribution is -0.183. The molecule has 0 aliphatic carbocycles. The zero-order valence-electron chi connectivity index (χ0n) is 4.90. The molecule has 0 N–H and O–H groups in total. The molecule has 1 fully saturated rings. The predicted molar refractivity (Wildman–Crippen MR) is 26.9 cm³/mol. The first-order chi connectivity index (χ1) is 4.74. The Labute approximate surface area is 55.9 Å². The Morgan fingerprint density at radius 2 is 2.20 bits per heavy atom. The van der Waals surface area contributed by atoms with Crippen molar-refractivity contribution in [2.45, 2.75) is 6.10 Å². The van der Waals surface area contributed by atoms with E-state index in [2.05, 4.69) is 9.47 Å². The summed E-state index contributed by atoms with van der Waals surface area (Å²) in [6.45, 7) is -0.400. The van der Waals surface area contributed by atoms with E-state index in [4.69, 9.17) is 0 Å². The van der Waals surface area contributed by atoms with Crippen LogP contribution >= 0.6 is 0 Å². The van der Waals surface area contributed by atoms with Gasteiger partial charge in [0.2, 0.25) is 0 Å². The maximum absolute atomic E-state index is 10.4. The molecule has 0 radical (unpaired) electrons. The van der Waals surface area contributed by atoms with Crippen LogP contribution in [0.15, 0.2) is 0 Å². The van der Waals surface area contributed by atoms with E-state index in [0.29, 0.717) is 0 Å². The van der Waals surface area contributed by atoms with Crippen molar-refractivity contribution in [2.75, 3.05) is 6.61 Å². The van der Waals surface area contributed by atoms with E-state index in [-0.39, 0.29) is 6.29 Å². The average molecular weight is 144 g/mol. The molecule has 1 aliphatic heterocycles. The molecule has 1 aliphatic rings. The maximum Gasteiger partial charge on any atom is 0.355 e. The van der Waals surface area contributed by atoms with Crippen molar-refractivity contribution < 1.29 is 23.9 Å². The third kappa shape index (κ3) is 1.12. The molecule has 1 heterocycles. The fourth-order valence-electron chi connectivity index (χ4n) is 0.519. The molecule has 0 saturated carbocycles. The second kappa shape index (κ2) is 2.47. The van der Waals surface area contributed by atoms with E-state index >= 15 is 0 Å². The number of aldehydes is 1. The quantitative estimate of drug-likeness (QED) is 0.258. The number of esters is 2. The fraction of sp³-hybridized carbons (Fsp3) is 0.400. The molecule has 5 heteroatoms. The number of carbonyl (C=O) groups excluding carboxylic acids is 3. The van der Waals surface area contributed by atoms with Crippen LogP contribution in [0, 0.1) is 0 Å². The Bertz CT molecular complexity index is 184. The first-order valence-electron chi connectivity index (χ1n) is 2.55. The van der Waals surface area contributed by atoms with Gasteiger partial charge in [0.05, 0.1) is 0 Å². The summed E-state index contributed by atoms with van der Waals surface area (Å²) >= 11 is 0. The van der Waals surface area contributed by atoms with Crippen LogP contribution in [0.2, 0.25) is 0 Å². The Kier molecular flexibility index (Phi) is 1.66. The zero-order valence-corrected chi connectivity index (χ0v) is 4.90. The van der Waals surface area contributed by atoms with Crippen LogP contribution in [0.5, 0.6) is 0 Å². The summed E-state index contributed by atoms with van der Waals surface area (Å²) in [7, 11) is 0. The topological polar surface area (TPSA) is 69.7 Å². The summed E-state index contributed by atoms with van der Waals surface area (Å²) in [5.41, 5.74) is 0. The Hall–Kier alpha value is -1.39. The van der Waals surface area contributed by atoms with Gasteiger partial charge in [0.25, 0.3) is 6.10 Å². The summed E-state index contributed by atoms with van der Waals surface area (Å²) < 4.78 is 8.52. The van der Waals surface area contributed by atoms with Gasteiger partial charge in [-0.25, -0.2) is 9.59 Å². The lowest BCUT2D eigenvalue weighted by Crippen LogP contribution is -2.38. The minimum Gasteiger partial charge on any atom is -0.451 e. The molecule has 1 rings (SSSR count). The lowest BCUT2D eigenvalue weighted by atomic mass is 10.4. The van der Waals surface area contributed by atoms with Gasteiger partial charge in [-0.15, -0.1) is 0 Å². The summed E-state index contributed by atoms with van der Waals surface area (Å²) in [6, 6.07) is 0. The Balaban J connectivity index is 2.62. The van der Waals surface area contributed by atoms with E-state index in [1.807, 2.05) is 0 Å². The second-order valence-electron chi connectivity index (χ2n) is 1.65. The molecule has 0 aromatic heterocycles. The van der Waals surface area contributed by atoms with Gasteiger partial charge < -0.3 is 9.47 Å². The Morgan fingerprint density at radius 3 is 2.70 bits per heavy atom. The number of cyclic esters (lactones) is 2. The number of rotatable bonds is 1. The summed E-state index contributed by atoms with van der Waals surface area (Å²) in [4.78, 5) is 30.7. The smallest absolute Gasteiger partial charge is 0.355 e. The van der Waals surface area contributed by atoms with Crippen LogP contribution in [0.4, 0.5) is 0 Å². The molecular weight excluding hydrogens is 140 g/mol. The molecule has 1 unspecified atom stereocenters. The minimum absolute atomic E-state index is 0.222. The highest BCUT2D eigenvalue weighted by Crippen LogP contribution is 2.00. The van der Waals surface area contributed by atoms with Crippen molar-refractivity contribution in [1.82, 2.24) is 0 Å². The van der Waals surface area contributed by atoms with E-state index in [1.165, 1.54) is 0 Å². The van der Waals surface area contributed by atoms with Crippen molar-refractivity contribution in [3.63, 3.8) is 0 Å². The summed E-state index contributed by atoms with van der Waals surface area (Å²) in [5, 5.41) is 0. The molecule has 10 heavy (non-hydrogen) atoms. The lowest BCUT2D eigenvalue weighted by Gasteiger charge is -2.15. The molecule has 0 aromatic carbocycles. The third-order valence-electron chi connectivity index (χ3n) is 0.947. The highest BCUT2D eigenvalue weighted by Gasteiger charge is 2.29. The Morgan fingerprint density at radius 1 is 1.50 bits per heavy atom. The van der Waals surface area contributed by atoms with Gasteiger partial charge in [-0.2, -0.15) is 0 Å². The minimum atomic E-state index is -1.36. The molecule has 5 nitrogen and oxygen atoms in total. The van der Waals surface area contributed by atoms with Crippen molar-refractivity contribution in [1.29, 1.82) is 0 Å². The van der Waals surface area contributed by atoms with Gasteiger partial charge in [-0.3, -0.25) is 4.79 Å². The molecule has 0 amide bonds. The van der Waals surface area contributed by atoms with Crippen LogP contribution in [0.25, 0.3) is 0 Å². The molecule has 0 spiro atoms. The van der Waals surface area contributed by atoms with Crippen LogP contribution in [0.1, 0.15) is 0 Å². The van der Waals surface area contributed by atoms with E-state index in [9.17, 15) is 14.4 Å². The van der Waals surface area contributed by atoms with Crippen LogP contribution < -0.4 is 0 Å². The van der Waals surface area contributed by atoms with Gasteiger partial charge in [0.15, 0.2) is 12.9 Å². The molecule has 1 atom stereocenters. The van der Waals surface area contributed by atoms with Crippen molar-refractivity contribution in [2.24, 2.45) is 0 Å². The standard InChI is InChI=1S/C5H4O5/c6-1-3-5(8)9-2-4(7)10-3/h1,3H,2H2. The molecule has 1 saturated heterocycles. The van der Waals surface area contributed by atoms with Crippen LogP contribution in [-0.4, -0.2) is 30.9 Å². The van der Waals surface area contributed by atoms with E-state index in [1.54, 1.807) is 0 Å². The largest absolute Gasteiger partial charge is 0.451 e. The predicted octanol–water partition coefficient (Wildman–Crippen LogP) is -1.35. The van der Waals surface area contributed by atoms with Crippen molar-refractivity contribution in [3.8, 4) is 0 Å². The van der Waals surface area contributed by atoms with Crippen LogP contribution in [0.3, 0.4) is 0 Å². The molecular formula is C5H4O5. The van der Waals surface area contributed by atoms with E-state index in [0.717, 1.165) is 0 Å². The number of hydrogen-bond acceptors (Lipinski definition) is 5. The highest BCUT2D eigenvalue weighted by atomic mass is 16.6. The number of hydrogen-bond donors (Lipinski definition) is 0. The summed E-state index contributed by atoms with van der Waals surface area (Å²) in [5.74, 6) is -1.51. The first-order valence-corrected chi connectivity index (χ1v) is 2.55. The number of carbonyl (C=O) groups is 3. The number of ether oxygens (including phenoxy) is 2. The SMILES string of the molecule is O=CC1OC(=O)COC1=O. The van der Waals surface area contributed by atoms with Gasteiger partial charge >= 0.3 is 11.9 Å². The zero-order chi connectivity index (χ0) is 7.56. The van der Waals surface area contributed by atoms with Crippen molar-refractivity contribution >= 4 is 18.2 Å². The van der Waals surface area contributed by atoms with Crippen molar-refractivity contribution in [3.05, 3.63) is 0 Å². The first kappa shape index (κ1) is 6.73. The second-order valence-corrected chi connectivity index (χ2v) is 1.65. The van der Waals surface area contributed by atoms with Gasteiger partial charge in [-0.05, 0) is 0 Å². The van der Waals surface area contributed by atoms with E-state index < -0.39 is 24.6 Å². The monoisotopic (exact) mass is 144 g/mol. The fourth-order valence-corrected chi connectivity index (χ4v) is 0.519. The highest BCUT2D eigenvalue weighted by molar-refractivity contribution is 5.96. The molecule has 54 valence electrons. The normalized spacial score (nSPS) is 25.0. The summed E-state index contributed by atoms with van der Waals surface area (Å²) in [6.07, 6.45) is -1.14. The van der Waals surface area contributed by atoms with Gasteiger partial charge in [0, 0.05) is 0 Å². The van der Waals surface area contributed by atoms with Gasteiger partial charge in [-0.1, -0.05) is 0 Å². The maximum atomic E-state index is 10.4.